The molecule has 7 nitrogen and oxygen atoms in total. The van der Waals surface area contributed by atoms with Crippen molar-refractivity contribution in [3.8, 4) is 0 Å². The van der Waals surface area contributed by atoms with Crippen molar-refractivity contribution in [2.45, 2.75) is 13.8 Å². The number of benzene rings is 1. The second-order valence-corrected chi connectivity index (χ2v) is 5.80. The first-order chi connectivity index (χ1) is 11.3. The van der Waals surface area contributed by atoms with Crippen LogP contribution in [0.25, 0.3) is 10.9 Å². The number of carbonyl (C=O) groups excluding carboxylic acids is 1. The number of fused-ring (bicyclic) bond motifs is 1. The number of H-pyrrole nitrogens is 1. The molecule has 0 bridgehead atoms. The van der Waals surface area contributed by atoms with Crippen LogP contribution in [-0.2, 0) is 0 Å². The van der Waals surface area contributed by atoms with Gasteiger partial charge in [-0.1, -0.05) is 12.1 Å². The van der Waals surface area contributed by atoms with Gasteiger partial charge in [0.15, 0.2) is 0 Å². The van der Waals surface area contributed by atoms with Crippen LogP contribution >= 0.6 is 12.2 Å². The first kappa shape index (κ1) is 15.9. The molecule has 0 unspecified atom stereocenters. The predicted octanol–water partition coefficient (Wildman–Crippen LogP) is 1.25. The van der Waals surface area contributed by atoms with Gasteiger partial charge >= 0.3 is 0 Å². The molecule has 8 heteroatoms. The maximum Gasteiger partial charge on any atom is 0.283 e. The molecule has 2 aromatic heterocycles. The minimum Gasteiger partial charge on any atom is -0.365 e. The van der Waals surface area contributed by atoms with E-state index in [0.717, 1.165) is 9.35 Å². The molecule has 0 saturated heterocycles. The van der Waals surface area contributed by atoms with Crippen LogP contribution in [0.15, 0.2) is 39.9 Å². The third kappa shape index (κ3) is 2.28. The minimum absolute atomic E-state index is 0.0446. The molecule has 3 N–H and O–H groups in total. The van der Waals surface area contributed by atoms with E-state index in [1.807, 2.05) is 0 Å². The quantitative estimate of drug-likeness (QED) is 0.684. The predicted molar refractivity (Wildman–Crippen MR) is 92.9 cm³/mol. The Morgan fingerprint density at radius 2 is 1.79 bits per heavy atom. The molecule has 2 heterocycles. The van der Waals surface area contributed by atoms with Crippen molar-refractivity contribution in [3.05, 3.63) is 72.6 Å². The first-order valence-electron chi connectivity index (χ1n) is 7.10. The number of aromatic nitrogens is 3. The smallest absolute Gasteiger partial charge is 0.283 e. The standard InChI is InChI=1S/C16H14N4O3S/c1-8-7-9(2)19(15(23)12(8)13(17)21)20-14(22)10-5-3-4-6-11(10)18-16(20)24/h3-7H,1-2H3,(H2,17,21)(H,18,24). The number of rotatable bonds is 2. The highest BCUT2D eigenvalue weighted by Crippen LogP contribution is 2.09. The van der Waals surface area contributed by atoms with E-state index in [-0.39, 0.29) is 10.3 Å². The van der Waals surface area contributed by atoms with Crippen LogP contribution in [0.5, 0.6) is 0 Å². The number of aromatic amines is 1. The highest BCUT2D eigenvalue weighted by atomic mass is 32.1. The number of aryl methyl sites for hydroxylation is 2. The number of hydrogen-bond acceptors (Lipinski definition) is 4. The largest absolute Gasteiger partial charge is 0.365 e. The van der Waals surface area contributed by atoms with Crippen LogP contribution in [-0.4, -0.2) is 20.2 Å². The van der Waals surface area contributed by atoms with Crippen LogP contribution in [0.1, 0.15) is 21.6 Å². The Labute approximate surface area is 140 Å². The lowest BCUT2D eigenvalue weighted by Gasteiger charge is -2.15. The van der Waals surface area contributed by atoms with Gasteiger partial charge in [0, 0.05) is 5.69 Å². The summed E-state index contributed by atoms with van der Waals surface area (Å²) in [5, 5.41) is 0.374. The number of amides is 1. The number of para-hydroxylation sites is 1. The summed E-state index contributed by atoms with van der Waals surface area (Å²) < 4.78 is 2.16. The number of nitrogens with one attached hydrogen (secondary N) is 1. The molecule has 1 aromatic carbocycles. The topological polar surface area (TPSA) is 103 Å². The van der Waals surface area contributed by atoms with E-state index in [4.69, 9.17) is 18.0 Å². The summed E-state index contributed by atoms with van der Waals surface area (Å²) in [7, 11) is 0. The van der Waals surface area contributed by atoms with Crippen molar-refractivity contribution in [2.75, 3.05) is 0 Å². The molecule has 0 spiro atoms. The molecule has 122 valence electrons. The summed E-state index contributed by atoms with van der Waals surface area (Å²) in [4.78, 5) is 40.1. The Kier molecular flexibility index (Phi) is 3.69. The van der Waals surface area contributed by atoms with E-state index in [1.165, 1.54) is 0 Å². The van der Waals surface area contributed by atoms with Gasteiger partial charge in [0.05, 0.1) is 10.9 Å². The van der Waals surface area contributed by atoms with E-state index < -0.39 is 17.0 Å². The zero-order valence-electron chi connectivity index (χ0n) is 13.0. The zero-order valence-corrected chi connectivity index (χ0v) is 13.8. The van der Waals surface area contributed by atoms with Crippen LogP contribution in [0.4, 0.5) is 0 Å². The van der Waals surface area contributed by atoms with Crippen LogP contribution < -0.4 is 16.9 Å². The van der Waals surface area contributed by atoms with Crippen LogP contribution in [0, 0.1) is 18.6 Å². The van der Waals surface area contributed by atoms with E-state index in [2.05, 4.69) is 4.98 Å². The number of nitrogens with zero attached hydrogens (tertiary/aromatic N) is 2. The third-order valence-electron chi connectivity index (χ3n) is 3.79. The second-order valence-electron chi connectivity index (χ2n) is 5.42. The molecule has 0 aliphatic heterocycles. The number of nitrogens with two attached hydrogens (primary N) is 1. The molecule has 0 aliphatic rings. The lowest BCUT2D eigenvalue weighted by molar-refractivity contribution is 0.0997. The number of pyridine rings is 1. The normalized spacial score (nSPS) is 10.9. The van der Waals surface area contributed by atoms with Gasteiger partial charge in [-0.25, -0.2) is 4.68 Å². The highest BCUT2D eigenvalue weighted by molar-refractivity contribution is 7.71. The van der Waals surface area contributed by atoms with Crippen molar-refractivity contribution in [1.82, 2.24) is 14.3 Å². The van der Waals surface area contributed by atoms with Gasteiger partial charge in [-0.2, -0.15) is 4.68 Å². The van der Waals surface area contributed by atoms with E-state index in [0.29, 0.717) is 22.2 Å². The van der Waals surface area contributed by atoms with E-state index in [9.17, 15) is 14.4 Å². The fourth-order valence-electron chi connectivity index (χ4n) is 2.76. The Balaban J connectivity index is 2.52. The number of hydrogen-bond donors (Lipinski definition) is 2. The molecule has 0 fully saturated rings. The Morgan fingerprint density at radius 3 is 2.46 bits per heavy atom. The maximum atomic E-state index is 12.8. The van der Waals surface area contributed by atoms with E-state index >= 15 is 0 Å². The van der Waals surface area contributed by atoms with Crippen molar-refractivity contribution < 1.29 is 4.79 Å². The van der Waals surface area contributed by atoms with Crippen molar-refractivity contribution in [2.24, 2.45) is 5.73 Å². The minimum atomic E-state index is -0.852. The third-order valence-corrected chi connectivity index (χ3v) is 4.07. The Hall–Kier alpha value is -3.00. The maximum absolute atomic E-state index is 12.8. The van der Waals surface area contributed by atoms with Crippen LogP contribution in [0.3, 0.4) is 0 Å². The lowest BCUT2D eigenvalue weighted by atomic mass is 10.1. The molecule has 0 saturated carbocycles. The molecule has 1 amide bonds. The number of primary amides is 1. The summed E-state index contributed by atoms with van der Waals surface area (Å²) >= 11 is 5.24. The van der Waals surface area contributed by atoms with Gasteiger partial charge in [-0.15, -0.1) is 0 Å². The first-order valence-corrected chi connectivity index (χ1v) is 7.51. The molecular weight excluding hydrogens is 328 g/mol. The fraction of sp³-hybridized carbons (Fsp3) is 0.125. The number of carbonyl (C=O) groups is 1. The summed E-state index contributed by atoms with van der Waals surface area (Å²) in [5.41, 5.74) is 5.46. The van der Waals surface area contributed by atoms with E-state index in [1.54, 1.807) is 44.2 Å². The highest BCUT2D eigenvalue weighted by Gasteiger charge is 2.18. The summed E-state index contributed by atoms with van der Waals surface area (Å²) in [6, 6.07) is 8.44. The molecule has 0 radical (unpaired) electrons. The molecule has 0 atom stereocenters. The van der Waals surface area contributed by atoms with Crippen molar-refractivity contribution >= 4 is 29.0 Å². The Bertz CT molecular complexity index is 1170. The average molecular weight is 342 g/mol. The van der Waals surface area contributed by atoms with Gasteiger partial charge in [0.25, 0.3) is 17.0 Å². The average Bonchev–Trinajstić information content (AvgIpc) is 2.49. The summed E-state index contributed by atoms with van der Waals surface area (Å²) in [6.07, 6.45) is 0. The molecule has 0 aliphatic carbocycles. The van der Waals surface area contributed by atoms with Crippen molar-refractivity contribution in [1.29, 1.82) is 0 Å². The summed E-state index contributed by atoms with van der Waals surface area (Å²) in [6.45, 7) is 3.26. The molecule has 3 aromatic rings. The van der Waals surface area contributed by atoms with Gasteiger partial charge in [0.2, 0.25) is 4.77 Å². The molecular formula is C16H14N4O3S. The Morgan fingerprint density at radius 1 is 1.12 bits per heavy atom. The molecule has 24 heavy (non-hydrogen) atoms. The SMILES string of the molecule is Cc1cc(C)n(-n2c(=S)[nH]c3ccccc3c2=O)c(=O)c1C(N)=O. The lowest BCUT2D eigenvalue weighted by Crippen LogP contribution is -2.40. The van der Waals surface area contributed by atoms with Crippen molar-refractivity contribution in [3.63, 3.8) is 0 Å². The van der Waals surface area contributed by atoms with Gasteiger partial charge in [-0.3, -0.25) is 14.4 Å². The second kappa shape index (κ2) is 5.57. The monoisotopic (exact) mass is 342 g/mol. The summed E-state index contributed by atoms with van der Waals surface area (Å²) in [5.74, 6) is -0.852. The van der Waals surface area contributed by atoms with Gasteiger partial charge in [-0.05, 0) is 49.8 Å². The zero-order chi connectivity index (χ0) is 17.6. The fourth-order valence-corrected chi connectivity index (χ4v) is 3.04. The van der Waals surface area contributed by atoms with Gasteiger partial charge < -0.3 is 10.7 Å². The van der Waals surface area contributed by atoms with Gasteiger partial charge in [0.1, 0.15) is 5.56 Å². The van der Waals surface area contributed by atoms with Crippen LogP contribution in [0.2, 0.25) is 0 Å². The molecule has 3 rings (SSSR count).